The Hall–Kier alpha value is -7.74. The number of hydrogen-bond acceptors (Lipinski definition) is 1. The largest absolute Gasteiger partial charge is 0.456 e. The van der Waals surface area contributed by atoms with Crippen LogP contribution in [0.2, 0.25) is 0 Å². The van der Waals surface area contributed by atoms with Crippen molar-refractivity contribution in [3.05, 3.63) is 252 Å². The van der Waals surface area contributed by atoms with Crippen molar-refractivity contribution < 1.29 is 4.42 Å². The highest BCUT2D eigenvalue weighted by Crippen LogP contribution is 2.51. The van der Waals surface area contributed by atoms with E-state index in [0.29, 0.717) is 0 Å². The van der Waals surface area contributed by atoms with E-state index in [-0.39, 0.29) is 11.3 Å². The van der Waals surface area contributed by atoms with E-state index in [0.717, 1.165) is 21.9 Å². The molecule has 1 aliphatic carbocycles. The minimum atomic E-state index is -0.198. The van der Waals surface area contributed by atoms with Crippen LogP contribution in [-0.4, -0.2) is 0 Å². The molecule has 1 nitrogen and oxygen atoms in total. The van der Waals surface area contributed by atoms with Crippen LogP contribution in [0, 0.1) is 0 Å². The maximum atomic E-state index is 6.30. The fourth-order valence-electron chi connectivity index (χ4n) is 10.3. The molecule has 0 saturated heterocycles. The number of benzene rings is 10. The lowest BCUT2D eigenvalue weighted by molar-refractivity contribution is 0.659. The molecule has 1 aromatic heterocycles. The average molecular weight is 805 g/mol. The van der Waals surface area contributed by atoms with E-state index in [1.165, 1.54) is 94.2 Å². The summed E-state index contributed by atoms with van der Waals surface area (Å²) in [7, 11) is 0. The molecule has 10 aromatic carbocycles. The summed E-state index contributed by atoms with van der Waals surface area (Å²) < 4.78 is 6.30. The lowest BCUT2D eigenvalue weighted by atomic mass is 9.78. The quantitative estimate of drug-likeness (QED) is 0.146. The average Bonchev–Trinajstić information content (AvgIpc) is 3.83. The zero-order valence-electron chi connectivity index (χ0n) is 35.3. The Balaban J connectivity index is 0.930. The van der Waals surface area contributed by atoms with Crippen molar-refractivity contribution in [2.45, 2.75) is 25.2 Å². The molecule has 0 N–H and O–H groups in total. The first-order chi connectivity index (χ1) is 31.0. The molecule has 0 bridgehead atoms. The Morgan fingerprint density at radius 3 is 1.60 bits per heavy atom. The summed E-state index contributed by atoms with van der Waals surface area (Å²) in [6.07, 6.45) is 0. The molecule has 1 heterocycles. The summed E-state index contributed by atoms with van der Waals surface area (Å²) in [5.74, 6) is 0.0344. The van der Waals surface area contributed by atoms with Gasteiger partial charge >= 0.3 is 0 Å². The Morgan fingerprint density at radius 2 is 0.825 bits per heavy atom. The third-order valence-corrected chi connectivity index (χ3v) is 13.6. The molecule has 0 saturated carbocycles. The van der Waals surface area contributed by atoms with Gasteiger partial charge in [0.25, 0.3) is 0 Å². The summed E-state index contributed by atoms with van der Waals surface area (Å²) in [4.78, 5) is 0. The maximum absolute atomic E-state index is 6.30. The molecule has 0 aliphatic heterocycles. The van der Waals surface area contributed by atoms with Gasteiger partial charge in [-0.05, 0) is 125 Å². The number of furan rings is 1. The van der Waals surface area contributed by atoms with Gasteiger partial charge < -0.3 is 4.42 Å². The molecule has 0 radical (unpaired) electrons. The zero-order chi connectivity index (χ0) is 42.1. The van der Waals surface area contributed by atoms with E-state index < -0.39 is 0 Å². The van der Waals surface area contributed by atoms with Crippen LogP contribution in [0.4, 0.5) is 0 Å². The molecule has 298 valence electrons. The van der Waals surface area contributed by atoms with Crippen molar-refractivity contribution in [2.75, 3.05) is 0 Å². The topological polar surface area (TPSA) is 13.1 Å². The van der Waals surface area contributed by atoms with Crippen LogP contribution in [0.1, 0.15) is 47.6 Å². The summed E-state index contributed by atoms with van der Waals surface area (Å²) in [5.41, 5.74) is 20.6. The van der Waals surface area contributed by atoms with Crippen LogP contribution < -0.4 is 0 Å². The summed E-state index contributed by atoms with van der Waals surface area (Å²) in [6, 6.07) is 82.6. The lowest BCUT2D eigenvalue weighted by Crippen LogP contribution is -2.16. The minimum absolute atomic E-state index is 0.0344. The molecule has 11 aromatic rings. The highest BCUT2D eigenvalue weighted by atomic mass is 16.3. The Labute approximate surface area is 368 Å². The van der Waals surface area contributed by atoms with Gasteiger partial charge in [-0.25, -0.2) is 0 Å². The molecule has 1 aliphatic rings. The van der Waals surface area contributed by atoms with Crippen molar-refractivity contribution in [3.63, 3.8) is 0 Å². The fourth-order valence-corrected chi connectivity index (χ4v) is 10.3. The maximum Gasteiger partial charge on any atom is 0.136 e. The Bertz CT molecular complexity index is 3510. The van der Waals surface area contributed by atoms with Gasteiger partial charge in [-0.3, -0.25) is 0 Å². The van der Waals surface area contributed by atoms with Crippen LogP contribution in [0.3, 0.4) is 0 Å². The first-order valence-electron chi connectivity index (χ1n) is 22.0. The highest BCUT2D eigenvalue weighted by Gasteiger charge is 2.36. The zero-order valence-corrected chi connectivity index (χ0v) is 35.3. The normalized spacial score (nSPS) is 13.3. The van der Waals surface area contributed by atoms with Gasteiger partial charge in [0, 0.05) is 22.1 Å². The highest BCUT2D eigenvalue weighted by molar-refractivity contribution is 6.06. The van der Waals surface area contributed by atoms with Crippen LogP contribution in [-0.2, 0) is 5.41 Å². The summed E-state index contributed by atoms with van der Waals surface area (Å²) in [5, 5.41) is 4.84. The number of rotatable bonds is 7. The monoisotopic (exact) mass is 804 g/mol. The minimum Gasteiger partial charge on any atom is -0.456 e. The Kier molecular flexibility index (Phi) is 8.66. The van der Waals surface area contributed by atoms with Gasteiger partial charge in [0.1, 0.15) is 11.2 Å². The van der Waals surface area contributed by atoms with Crippen LogP contribution in [0.15, 0.2) is 229 Å². The van der Waals surface area contributed by atoms with E-state index in [1.54, 1.807) is 0 Å². The molecular formula is C62H44O. The predicted molar refractivity (Wildman–Crippen MR) is 264 cm³/mol. The SMILES string of the molecule is CC1(C)c2cc(-c3ccc4c(c3)oc3ccccc34)ccc2-c2ccc(C(c3ccc(-c4cccc(-c5ccccc5)c4)cc3)c3ccc(-c4cccc5ccccc45)cc3)cc21. The third-order valence-electron chi connectivity index (χ3n) is 13.6. The van der Waals surface area contributed by atoms with Gasteiger partial charge in [-0.1, -0.05) is 208 Å². The van der Waals surface area contributed by atoms with E-state index in [4.69, 9.17) is 4.42 Å². The van der Waals surface area contributed by atoms with Gasteiger partial charge in [-0.15, -0.1) is 0 Å². The summed E-state index contributed by atoms with van der Waals surface area (Å²) in [6.45, 7) is 4.78. The summed E-state index contributed by atoms with van der Waals surface area (Å²) >= 11 is 0. The smallest absolute Gasteiger partial charge is 0.136 e. The van der Waals surface area contributed by atoms with Crippen LogP contribution in [0.5, 0.6) is 0 Å². The fraction of sp³-hybridized carbons (Fsp3) is 0.0645. The number of fused-ring (bicyclic) bond motifs is 7. The molecule has 12 rings (SSSR count). The number of para-hydroxylation sites is 1. The first kappa shape index (κ1) is 37.1. The predicted octanol–water partition coefficient (Wildman–Crippen LogP) is 16.9. The molecule has 0 fully saturated rings. The van der Waals surface area contributed by atoms with E-state index >= 15 is 0 Å². The van der Waals surface area contributed by atoms with Crippen molar-refractivity contribution in [2.24, 2.45) is 0 Å². The molecule has 0 amide bonds. The molecule has 1 unspecified atom stereocenters. The van der Waals surface area contributed by atoms with Crippen LogP contribution in [0.25, 0.3) is 88.3 Å². The second-order valence-corrected chi connectivity index (χ2v) is 17.7. The molecule has 1 heteroatoms. The molecule has 0 spiro atoms. The molecule has 1 atom stereocenters. The molecule has 63 heavy (non-hydrogen) atoms. The molecular weight excluding hydrogens is 761 g/mol. The van der Waals surface area contributed by atoms with Crippen molar-refractivity contribution in [1.29, 1.82) is 0 Å². The van der Waals surface area contributed by atoms with Crippen molar-refractivity contribution in [1.82, 2.24) is 0 Å². The van der Waals surface area contributed by atoms with E-state index in [1.807, 2.05) is 12.1 Å². The second kappa shape index (κ2) is 14.7. The van der Waals surface area contributed by atoms with Gasteiger partial charge in [-0.2, -0.15) is 0 Å². The number of hydrogen-bond donors (Lipinski definition) is 0. The van der Waals surface area contributed by atoms with Gasteiger partial charge in [0.15, 0.2) is 0 Å². The van der Waals surface area contributed by atoms with Gasteiger partial charge in [0.2, 0.25) is 0 Å². The van der Waals surface area contributed by atoms with Crippen molar-refractivity contribution >= 4 is 32.7 Å². The lowest BCUT2D eigenvalue weighted by Gasteiger charge is -2.25. The Morgan fingerprint density at radius 1 is 0.317 bits per heavy atom. The standard InChI is InChI=1S/C62H44O/c1-62(2)57-37-48(49-31-35-56-55-19-8-9-21-59(55)63-60(56)39-49)30-33-53(57)54-34-32-50(38-58(54)62)61(45-28-24-43(25-29-45)52-20-11-15-42-14-6-7-18-51(42)52)44-26-22-41(23-27-44)47-17-10-16-46(36-47)40-12-4-3-5-13-40/h3-39,61H,1-2H3. The van der Waals surface area contributed by atoms with E-state index in [2.05, 4.69) is 226 Å². The first-order valence-corrected chi connectivity index (χ1v) is 22.0. The van der Waals surface area contributed by atoms with E-state index in [9.17, 15) is 0 Å². The van der Waals surface area contributed by atoms with Crippen LogP contribution >= 0.6 is 0 Å². The second-order valence-electron chi connectivity index (χ2n) is 17.7. The van der Waals surface area contributed by atoms with Gasteiger partial charge in [0.05, 0.1) is 0 Å². The van der Waals surface area contributed by atoms with Crippen molar-refractivity contribution in [3.8, 4) is 55.6 Å². The third kappa shape index (κ3) is 6.31.